The van der Waals surface area contributed by atoms with Crippen molar-refractivity contribution in [2.75, 3.05) is 12.0 Å². The van der Waals surface area contributed by atoms with Gasteiger partial charge in [-0.1, -0.05) is 0 Å². The van der Waals surface area contributed by atoms with Gasteiger partial charge in [0, 0.05) is 0 Å². The Morgan fingerprint density at radius 2 is 1.85 bits per heavy atom. The van der Waals surface area contributed by atoms with Gasteiger partial charge in [0.1, 0.15) is 12.0 Å². The van der Waals surface area contributed by atoms with Crippen LogP contribution in [-0.2, 0) is 14.3 Å². The van der Waals surface area contributed by atoms with Crippen molar-refractivity contribution < 1.29 is 14.3 Å². The number of ether oxygens (including phenoxy) is 1. The second-order valence-electron chi connectivity index (χ2n) is 3.73. The summed E-state index contributed by atoms with van der Waals surface area (Å²) in [6, 6.07) is 0. The standard InChI is InChI=1S/C9H16O3S/c1-9(2,3)12-8(11)5-7(10)6-13-4/h5-6H2,1-4H3. The number of hydrogen-bond donors (Lipinski definition) is 0. The predicted molar refractivity (Wildman–Crippen MR) is 53.9 cm³/mol. The molecule has 0 radical (unpaired) electrons. The maximum atomic E-state index is 11.1. The summed E-state index contributed by atoms with van der Waals surface area (Å²) in [7, 11) is 0. The van der Waals surface area contributed by atoms with Crippen LogP contribution in [-0.4, -0.2) is 29.4 Å². The van der Waals surface area contributed by atoms with E-state index in [1.54, 1.807) is 20.8 Å². The SMILES string of the molecule is CSCC(=O)CC(=O)OC(C)(C)C. The number of esters is 1. The first-order valence-electron chi connectivity index (χ1n) is 4.07. The minimum Gasteiger partial charge on any atom is -0.460 e. The van der Waals surface area contributed by atoms with Gasteiger partial charge in [-0.25, -0.2) is 0 Å². The highest BCUT2D eigenvalue weighted by atomic mass is 32.2. The predicted octanol–water partition coefficient (Wildman–Crippen LogP) is 1.65. The van der Waals surface area contributed by atoms with E-state index in [1.807, 2.05) is 6.26 Å². The van der Waals surface area contributed by atoms with E-state index in [1.165, 1.54) is 11.8 Å². The van der Waals surface area contributed by atoms with Crippen LogP contribution in [0.25, 0.3) is 0 Å². The summed E-state index contributed by atoms with van der Waals surface area (Å²) in [4.78, 5) is 22.1. The zero-order chi connectivity index (χ0) is 10.5. The monoisotopic (exact) mass is 204 g/mol. The van der Waals surface area contributed by atoms with E-state index in [0.29, 0.717) is 5.75 Å². The van der Waals surface area contributed by atoms with Crippen molar-refractivity contribution in [2.45, 2.75) is 32.8 Å². The number of carbonyl (C=O) groups is 2. The van der Waals surface area contributed by atoms with Crippen molar-refractivity contribution in [3.63, 3.8) is 0 Å². The van der Waals surface area contributed by atoms with E-state index in [-0.39, 0.29) is 12.2 Å². The van der Waals surface area contributed by atoms with Gasteiger partial charge < -0.3 is 4.74 Å². The van der Waals surface area contributed by atoms with Crippen LogP contribution in [0.2, 0.25) is 0 Å². The van der Waals surface area contributed by atoms with Crippen LogP contribution >= 0.6 is 11.8 Å². The Hall–Kier alpha value is -0.510. The number of hydrogen-bond acceptors (Lipinski definition) is 4. The van der Waals surface area contributed by atoms with E-state index in [2.05, 4.69) is 0 Å². The summed E-state index contributed by atoms with van der Waals surface area (Å²) in [6.07, 6.45) is 1.71. The highest BCUT2D eigenvalue weighted by molar-refractivity contribution is 7.99. The first-order chi connectivity index (χ1) is 5.85. The zero-order valence-corrected chi connectivity index (χ0v) is 9.36. The second kappa shape index (κ2) is 5.27. The lowest BCUT2D eigenvalue weighted by atomic mass is 10.2. The van der Waals surface area contributed by atoms with Crippen molar-refractivity contribution >= 4 is 23.5 Å². The molecule has 0 spiro atoms. The van der Waals surface area contributed by atoms with E-state index in [9.17, 15) is 9.59 Å². The Balaban J connectivity index is 3.82. The summed E-state index contributed by atoms with van der Waals surface area (Å²) >= 11 is 1.41. The topological polar surface area (TPSA) is 43.4 Å². The molecule has 0 bridgehead atoms. The van der Waals surface area contributed by atoms with Crippen LogP contribution in [0.5, 0.6) is 0 Å². The Bertz CT molecular complexity index is 194. The smallest absolute Gasteiger partial charge is 0.313 e. The minimum atomic E-state index is -0.503. The van der Waals surface area contributed by atoms with E-state index in [0.717, 1.165) is 0 Å². The quantitative estimate of drug-likeness (QED) is 0.516. The maximum Gasteiger partial charge on any atom is 0.313 e. The molecule has 0 aromatic rings. The highest BCUT2D eigenvalue weighted by Gasteiger charge is 2.18. The van der Waals surface area contributed by atoms with Gasteiger partial charge >= 0.3 is 5.97 Å². The van der Waals surface area contributed by atoms with Gasteiger partial charge in [0.15, 0.2) is 5.78 Å². The molecule has 0 aromatic heterocycles. The third-order valence-corrected chi connectivity index (χ3v) is 1.68. The number of Topliss-reactive ketones (excluding diaryl/α,β-unsaturated/α-hetero) is 1. The van der Waals surface area contributed by atoms with E-state index >= 15 is 0 Å². The van der Waals surface area contributed by atoms with Gasteiger partial charge in [-0.05, 0) is 27.0 Å². The molecule has 0 saturated heterocycles. The van der Waals surface area contributed by atoms with Crippen LogP contribution in [0.15, 0.2) is 0 Å². The first kappa shape index (κ1) is 12.5. The Labute approximate surface area is 83.2 Å². The largest absolute Gasteiger partial charge is 0.460 e. The Kier molecular flexibility index (Phi) is 5.06. The van der Waals surface area contributed by atoms with Gasteiger partial charge in [-0.15, -0.1) is 0 Å². The van der Waals surface area contributed by atoms with Crippen molar-refractivity contribution in [3.05, 3.63) is 0 Å². The minimum absolute atomic E-state index is 0.0817. The van der Waals surface area contributed by atoms with Gasteiger partial charge in [0.25, 0.3) is 0 Å². The van der Waals surface area contributed by atoms with Gasteiger partial charge in [0.2, 0.25) is 0 Å². The molecule has 0 aliphatic heterocycles. The fourth-order valence-corrected chi connectivity index (χ4v) is 1.17. The third-order valence-electron chi connectivity index (χ3n) is 1.07. The fraction of sp³-hybridized carbons (Fsp3) is 0.778. The van der Waals surface area contributed by atoms with E-state index < -0.39 is 11.6 Å². The lowest BCUT2D eigenvalue weighted by Gasteiger charge is -2.18. The molecule has 0 aliphatic rings. The molecule has 3 nitrogen and oxygen atoms in total. The Morgan fingerprint density at radius 3 is 2.23 bits per heavy atom. The molecule has 0 rings (SSSR count). The molecule has 76 valence electrons. The summed E-state index contributed by atoms with van der Waals surface area (Å²) in [5.41, 5.74) is -0.503. The second-order valence-corrected chi connectivity index (χ2v) is 4.60. The van der Waals surface area contributed by atoms with Crippen molar-refractivity contribution in [2.24, 2.45) is 0 Å². The molecule has 4 heteroatoms. The van der Waals surface area contributed by atoms with Crippen LogP contribution in [0, 0.1) is 0 Å². The van der Waals surface area contributed by atoms with Crippen molar-refractivity contribution in [1.29, 1.82) is 0 Å². The number of rotatable bonds is 4. The molecular weight excluding hydrogens is 188 g/mol. The number of ketones is 1. The van der Waals surface area contributed by atoms with Crippen LogP contribution in [0.4, 0.5) is 0 Å². The summed E-state index contributed by atoms with van der Waals surface area (Å²) < 4.78 is 4.99. The summed E-state index contributed by atoms with van der Waals surface area (Å²) in [5.74, 6) is -0.146. The number of thioether (sulfide) groups is 1. The molecule has 0 amide bonds. The highest BCUT2D eigenvalue weighted by Crippen LogP contribution is 2.08. The molecule has 13 heavy (non-hydrogen) atoms. The normalized spacial score (nSPS) is 11.1. The molecule has 0 atom stereocenters. The van der Waals surface area contributed by atoms with E-state index in [4.69, 9.17) is 4.74 Å². The molecule has 0 unspecified atom stereocenters. The Morgan fingerprint density at radius 1 is 1.31 bits per heavy atom. The zero-order valence-electron chi connectivity index (χ0n) is 8.55. The average molecular weight is 204 g/mol. The first-order valence-corrected chi connectivity index (χ1v) is 5.47. The van der Waals surface area contributed by atoms with Crippen molar-refractivity contribution in [3.8, 4) is 0 Å². The maximum absolute atomic E-state index is 11.1. The molecule has 0 aromatic carbocycles. The molecule has 0 heterocycles. The number of carbonyl (C=O) groups excluding carboxylic acids is 2. The van der Waals surface area contributed by atoms with Gasteiger partial charge in [-0.3, -0.25) is 9.59 Å². The molecular formula is C9H16O3S. The molecule has 0 saturated carbocycles. The lowest BCUT2D eigenvalue weighted by molar-refractivity contribution is -0.155. The molecule has 0 fully saturated rings. The third kappa shape index (κ3) is 7.84. The lowest BCUT2D eigenvalue weighted by Crippen LogP contribution is -2.25. The molecule has 0 N–H and O–H groups in total. The van der Waals surface area contributed by atoms with Crippen LogP contribution in [0.3, 0.4) is 0 Å². The molecule has 0 aliphatic carbocycles. The average Bonchev–Trinajstić information content (AvgIpc) is 1.81. The van der Waals surface area contributed by atoms with Crippen molar-refractivity contribution in [1.82, 2.24) is 0 Å². The summed E-state index contributed by atoms with van der Waals surface area (Å²) in [5, 5.41) is 0. The summed E-state index contributed by atoms with van der Waals surface area (Å²) in [6.45, 7) is 5.35. The van der Waals surface area contributed by atoms with Crippen LogP contribution in [0.1, 0.15) is 27.2 Å². The van der Waals surface area contributed by atoms with Crippen LogP contribution < -0.4 is 0 Å². The van der Waals surface area contributed by atoms with Gasteiger partial charge in [-0.2, -0.15) is 11.8 Å². The van der Waals surface area contributed by atoms with Gasteiger partial charge in [0.05, 0.1) is 5.75 Å². The fourth-order valence-electron chi connectivity index (χ4n) is 0.751.